The van der Waals surface area contributed by atoms with Crippen LogP contribution >= 0.6 is 0 Å². The van der Waals surface area contributed by atoms with E-state index in [0.29, 0.717) is 6.54 Å². The van der Waals surface area contributed by atoms with Crippen LogP contribution in [0.4, 0.5) is 11.4 Å². The molecule has 0 atom stereocenters. The third-order valence-corrected chi connectivity index (χ3v) is 2.99. The van der Waals surface area contributed by atoms with Crippen molar-refractivity contribution in [1.29, 1.82) is 0 Å². The van der Waals surface area contributed by atoms with Crippen molar-refractivity contribution in [2.24, 2.45) is 0 Å². The van der Waals surface area contributed by atoms with Crippen LogP contribution in [0.25, 0.3) is 0 Å². The zero-order chi connectivity index (χ0) is 14.1. The first-order valence-electron chi connectivity index (χ1n) is 7.06. The van der Waals surface area contributed by atoms with Crippen LogP contribution in [-0.4, -0.2) is 32.1 Å². The van der Waals surface area contributed by atoms with E-state index in [2.05, 4.69) is 36.3 Å². The normalized spacial score (nSPS) is 10.3. The summed E-state index contributed by atoms with van der Waals surface area (Å²) in [7, 11) is 0. The number of nitrogens with one attached hydrogen (secondary N) is 2. The number of carbonyl (C=O) groups is 1. The molecule has 4 heteroatoms. The van der Waals surface area contributed by atoms with Gasteiger partial charge in [0.25, 0.3) is 0 Å². The molecular weight excluding hydrogens is 238 g/mol. The second-order valence-corrected chi connectivity index (χ2v) is 4.44. The van der Waals surface area contributed by atoms with E-state index in [1.807, 2.05) is 24.3 Å². The van der Waals surface area contributed by atoms with Crippen LogP contribution in [0.2, 0.25) is 0 Å². The lowest BCUT2D eigenvalue weighted by Crippen LogP contribution is -2.28. The Bertz CT molecular complexity index is 371. The molecule has 0 radical (unpaired) electrons. The van der Waals surface area contributed by atoms with E-state index in [1.165, 1.54) is 5.69 Å². The number of nitrogens with zero attached hydrogens (tertiary/aromatic N) is 1. The molecule has 1 amide bonds. The summed E-state index contributed by atoms with van der Waals surface area (Å²) in [6, 6.07) is 7.99. The highest BCUT2D eigenvalue weighted by Crippen LogP contribution is 2.17. The Kier molecular flexibility index (Phi) is 6.97. The highest BCUT2D eigenvalue weighted by atomic mass is 16.1. The minimum atomic E-state index is 0.00374. The number of carbonyl (C=O) groups excluding carboxylic acids is 1. The minimum Gasteiger partial charge on any atom is -0.372 e. The maximum Gasteiger partial charge on any atom is 0.238 e. The van der Waals surface area contributed by atoms with Gasteiger partial charge in [-0.25, -0.2) is 0 Å². The number of anilines is 2. The van der Waals surface area contributed by atoms with Gasteiger partial charge in [0.2, 0.25) is 5.91 Å². The van der Waals surface area contributed by atoms with Gasteiger partial charge in [-0.15, -0.1) is 0 Å². The summed E-state index contributed by atoms with van der Waals surface area (Å²) in [5, 5.41) is 5.97. The van der Waals surface area contributed by atoms with Crippen LogP contribution in [-0.2, 0) is 4.79 Å². The molecule has 106 valence electrons. The maximum absolute atomic E-state index is 11.6. The van der Waals surface area contributed by atoms with Gasteiger partial charge in [-0.2, -0.15) is 0 Å². The van der Waals surface area contributed by atoms with E-state index in [9.17, 15) is 4.79 Å². The number of hydrogen-bond donors (Lipinski definition) is 2. The lowest BCUT2D eigenvalue weighted by Gasteiger charge is -2.21. The highest BCUT2D eigenvalue weighted by Gasteiger charge is 2.03. The summed E-state index contributed by atoms with van der Waals surface area (Å²) < 4.78 is 0. The number of amides is 1. The molecule has 1 aromatic rings. The van der Waals surface area contributed by atoms with Crippen LogP contribution in [0.3, 0.4) is 0 Å². The average molecular weight is 263 g/mol. The predicted octanol–water partition coefficient (Wildman–Crippen LogP) is 2.47. The molecule has 4 nitrogen and oxygen atoms in total. The molecule has 1 aromatic carbocycles. The van der Waals surface area contributed by atoms with Crippen molar-refractivity contribution >= 4 is 17.3 Å². The Labute approximate surface area is 116 Å². The Balaban J connectivity index is 2.50. The van der Waals surface area contributed by atoms with Crippen molar-refractivity contribution < 1.29 is 4.79 Å². The van der Waals surface area contributed by atoms with Gasteiger partial charge in [-0.1, -0.05) is 6.92 Å². The fourth-order valence-corrected chi connectivity index (χ4v) is 1.93. The highest BCUT2D eigenvalue weighted by molar-refractivity contribution is 5.92. The monoisotopic (exact) mass is 263 g/mol. The second-order valence-electron chi connectivity index (χ2n) is 4.44. The molecule has 1 rings (SSSR count). The van der Waals surface area contributed by atoms with E-state index in [0.717, 1.165) is 31.7 Å². The lowest BCUT2D eigenvalue weighted by atomic mass is 10.2. The largest absolute Gasteiger partial charge is 0.372 e. The minimum absolute atomic E-state index is 0.00374. The van der Waals surface area contributed by atoms with Crippen molar-refractivity contribution in [1.82, 2.24) is 5.32 Å². The third-order valence-electron chi connectivity index (χ3n) is 2.99. The quantitative estimate of drug-likeness (QED) is 0.708. The van der Waals surface area contributed by atoms with E-state index < -0.39 is 0 Å². The molecule has 0 saturated heterocycles. The van der Waals surface area contributed by atoms with Crippen LogP contribution in [0.5, 0.6) is 0 Å². The van der Waals surface area contributed by atoms with E-state index >= 15 is 0 Å². The third kappa shape index (κ3) is 5.30. The average Bonchev–Trinajstić information content (AvgIpc) is 2.42. The zero-order valence-corrected chi connectivity index (χ0v) is 12.2. The van der Waals surface area contributed by atoms with Gasteiger partial charge in [0, 0.05) is 24.5 Å². The molecule has 0 bridgehead atoms. The summed E-state index contributed by atoms with van der Waals surface area (Å²) in [5.41, 5.74) is 2.03. The first-order chi connectivity index (χ1) is 9.21. The van der Waals surface area contributed by atoms with Crippen molar-refractivity contribution in [3.05, 3.63) is 24.3 Å². The number of hydrogen-bond acceptors (Lipinski definition) is 3. The fourth-order valence-electron chi connectivity index (χ4n) is 1.93. The number of rotatable bonds is 8. The van der Waals surface area contributed by atoms with Crippen LogP contribution < -0.4 is 15.5 Å². The summed E-state index contributed by atoms with van der Waals surface area (Å²) in [5.74, 6) is 0.00374. The zero-order valence-electron chi connectivity index (χ0n) is 12.2. The van der Waals surface area contributed by atoms with E-state index in [-0.39, 0.29) is 5.91 Å². The van der Waals surface area contributed by atoms with Crippen LogP contribution in [0.15, 0.2) is 24.3 Å². The van der Waals surface area contributed by atoms with E-state index in [4.69, 9.17) is 0 Å². The van der Waals surface area contributed by atoms with Crippen molar-refractivity contribution in [2.75, 3.05) is 36.4 Å². The number of benzene rings is 1. The van der Waals surface area contributed by atoms with Crippen molar-refractivity contribution in [3.63, 3.8) is 0 Å². The van der Waals surface area contributed by atoms with Gasteiger partial charge in [0.15, 0.2) is 0 Å². The van der Waals surface area contributed by atoms with Crippen LogP contribution in [0.1, 0.15) is 27.2 Å². The Hall–Kier alpha value is -1.55. The molecule has 0 aliphatic heterocycles. The summed E-state index contributed by atoms with van der Waals surface area (Å²) >= 11 is 0. The second kappa shape index (κ2) is 8.53. The van der Waals surface area contributed by atoms with Gasteiger partial charge < -0.3 is 15.5 Å². The molecule has 0 saturated carbocycles. The molecule has 2 N–H and O–H groups in total. The molecule has 0 aliphatic carbocycles. The maximum atomic E-state index is 11.6. The van der Waals surface area contributed by atoms with Crippen molar-refractivity contribution in [2.45, 2.75) is 27.2 Å². The standard InChI is InChI=1S/C15H25N3O/c1-4-11-16-12-15(19)17-13-7-9-14(10-8-13)18(5-2)6-3/h7-10,16H,4-6,11-12H2,1-3H3,(H,17,19). The van der Waals surface area contributed by atoms with Gasteiger partial charge in [-0.05, 0) is 51.1 Å². The van der Waals surface area contributed by atoms with Crippen molar-refractivity contribution in [3.8, 4) is 0 Å². The molecule has 0 unspecified atom stereocenters. The molecule has 0 heterocycles. The summed E-state index contributed by atoms with van der Waals surface area (Å²) in [4.78, 5) is 13.9. The van der Waals surface area contributed by atoms with Gasteiger partial charge in [0.05, 0.1) is 6.54 Å². The fraction of sp³-hybridized carbons (Fsp3) is 0.533. The van der Waals surface area contributed by atoms with Crippen LogP contribution in [0, 0.1) is 0 Å². The van der Waals surface area contributed by atoms with Gasteiger partial charge >= 0.3 is 0 Å². The smallest absolute Gasteiger partial charge is 0.238 e. The molecule has 0 fully saturated rings. The molecule has 19 heavy (non-hydrogen) atoms. The summed E-state index contributed by atoms with van der Waals surface area (Å²) in [6.45, 7) is 9.57. The van der Waals surface area contributed by atoms with Gasteiger partial charge in [0.1, 0.15) is 0 Å². The Morgan fingerprint density at radius 1 is 1.11 bits per heavy atom. The summed E-state index contributed by atoms with van der Waals surface area (Å²) in [6.07, 6.45) is 1.03. The van der Waals surface area contributed by atoms with E-state index in [1.54, 1.807) is 0 Å². The SMILES string of the molecule is CCCNCC(=O)Nc1ccc(N(CC)CC)cc1. The first-order valence-corrected chi connectivity index (χ1v) is 7.06. The predicted molar refractivity (Wildman–Crippen MR) is 81.8 cm³/mol. The Morgan fingerprint density at radius 3 is 2.26 bits per heavy atom. The molecular formula is C15H25N3O. The Morgan fingerprint density at radius 2 is 1.74 bits per heavy atom. The molecule has 0 aromatic heterocycles. The lowest BCUT2D eigenvalue weighted by molar-refractivity contribution is -0.115. The molecule has 0 spiro atoms. The topological polar surface area (TPSA) is 44.4 Å². The first kappa shape index (κ1) is 15.5. The molecule has 0 aliphatic rings. The van der Waals surface area contributed by atoms with Gasteiger partial charge in [-0.3, -0.25) is 4.79 Å².